The molecule has 2 heterocycles. The number of fused-ring (bicyclic) bond motifs is 1. The summed E-state index contributed by atoms with van der Waals surface area (Å²) in [4.78, 5) is 28.6. The van der Waals surface area contributed by atoms with Crippen molar-refractivity contribution in [1.29, 1.82) is 0 Å². The van der Waals surface area contributed by atoms with Gasteiger partial charge in [0.25, 0.3) is 11.1 Å². The second kappa shape index (κ2) is 7.47. The van der Waals surface area contributed by atoms with Crippen molar-refractivity contribution in [3.8, 4) is 17.2 Å². The quantitative estimate of drug-likeness (QED) is 0.714. The standard InChI is InChI=1S/C20H18N2O5S/c1-21(14-4-6-15(25-2)7-5-14)11-22-19(23)18(28-20(22)24)10-13-3-8-16-17(9-13)27-12-26-16/h3-10H,11-12H2,1-2H3. The van der Waals surface area contributed by atoms with Crippen molar-refractivity contribution < 1.29 is 23.8 Å². The smallest absolute Gasteiger partial charge is 0.295 e. The number of carbonyl (C=O) groups is 2. The number of nitrogens with zero attached hydrogens (tertiary/aromatic N) is 2. The van der Waals surface area contributed by atoms with Crippen LogP contribution in [-0.2, 0) is 4.79 Å². The first-order valence-electron chi connectivity index (χ1n) is 8.55. The second-order valence-corrected chi connectivity index (χ2v) is 7.25. The first kappa shape index (κ1) is 18.2. The van der Waals surface area contributed by atoms with Gasteiger partial charge in [-0.05, 0) is 59.8 Å². The molecule has 144 valence electrons. The molecule has 0 radical (unpaired) electrons. The van der Waals surface area contributed by atoms with Crippen molar-refractivity contribution in [2.75, 3.05) is 32.5 Å². The number of carbonyl (C=O) groups excluding carboxylic acids is 2. The summed E-state index contributed by atoms with van der Waals surface area (Å²) in [6.07, 6.45) is 1.69. The summed E-state index contributed by atoms with van der Waals surface area (Å²) in [5, 5.41) is -0.294. The van der Waals surface area contributed by atoms with Gasteiger partial charge in [0.2, 0.25) is 6.79 Å². The fourth-order valence-electron chi connectivity index (χ4n) is 2.91. The van der Waals surface area contributed by atoms with Gasteiger partial charge in [-0.15, -0.1) is 0 Å². The van der Waals surface area contributed by atoms with Crippen LogP contribution in [0.5, 0.6) is 17.2 Å². The molecule has 2 aliphatic rings. The second-order valence-electron chi connectivity index (χ2n) is 6.26. The van der Waals surface area contributed by atoms with E-state index in [2.05, 4.69) is 0 Å². The summed E-state index contributed by atoms with van der Waals surface area (Å²) in [7, 11) is 3.43. The van der Waals surface area contributed by atoms with E-state index in [4.69, 9.17) is 14.2 Å². The zero-order chi connectivity index (χ0) is 19.7. The highest BCUT2D eigenvalue weighted by atomic mass is 32.2. The molecule has 1 saturated heterocycles. The topological polar surface area (TPSA) is 68.3 Å². The highest BCUT2D eigenvalue weighted by molar-refractivity contribution is 8.18. The van der Waals surface area contributed by atoms with Crippen LogP contribution in [-0.4, -0.2) is 43.7 Å². The van der Waals surface area contributed by atoms with Crippen molar-refractivity contribution in [2.24, 2.45) is 0 Å². The lowest BCUT2D eigenvalue weighted by molar-refractivity contribution is -0.122. The summed E-state index contributed by atoms with van der Waals surface area (Å²) in [6.45, 7) is 0.350. The van der Waals surface area contributed by atoms with Crippen molar-refractivity contribution in [1.82, 2.24) is 4.90 Å². The number of anilines is 1. The van der Waals surface area contributed by atoms with Crippen LogP contribution in [0, 0.1) is 0 Å². The van der Waals surface area contributed by atoms with Crippen LogP contribution < -0.4 is 19.1 Å². The van der Waals surface area contributed by atoms with Gasteiger partial charge in [0, 0.05) is 12.7 Å². The van der Waals surface area contributed by atoms with Gasteiger partial charge < -0.3 is 19.1 Å². The van der Waals surface area contributed by atoms with Crippen LogP contribution in [0.4, 0.5) is 10.5 Å². The van der Waals surface area contributed by atoms with E-state index in [0.29, 0.717) is 16.4 Å². The molecule has 0 unspecified atom stereocenters. The third-order valence-corrected chi connectivity index (χ3v) is 5.34. The molecule has 0 spiro atoms. The number of thioether (sulfide) groups is 1. The Morgan fingerprint density at radius 1 is 1.14 bits per heavy atom. The molecule has 7 nitrogen and oxygen atoms in total. The molecule has 2 aliphatic heterocycles. The molecule has 0 N–H and O–H groups in total. The number of hydrogen-bond acceptors (Lipinski definition) is 7. The van der Waals surface area contributed by atoms with E-state index in [0.717, 1.165) is 28.8 Å². The Morgan fingerprint density at radius 2 is 1.89 bits per heavy atom. The zero-order valence-corrected chi connectivity index (χ0v) is 16.2. The molecule has 28 heavy (non-hydrogen) atoms. The highest BCUT2D eigenvalue weighted by Crippen LogP contribution is 2.36. The van der Waals surface area contributed by atoms with E-state index in [9.17, 15) is 9.59 Å². The first-order chi connectivity index (χ1) is 13.5. The normalized spacial score (nSPS) is 16.8. The van der Waals surface area contributed by atoms with Crippen molar-refractivity contribution >= 4 is 34.7 Å². The Labute approximate surface area is 166 Å². The number of rotatable bonds is 5. The van der Waals surface area contributed by atoms with Crippen LogP contribution in [0.3, 0.4) is 0 Å². The molecule has 2 amide bonds. The fraction of sp³-hybridized carbons (Fsp3) is 0.200. The van der Waals surface area contributed by atoms with Crippen LogP contribution >= 0.6 is 11.8 Å². The third kappa shape index (κ3) is 3.50. The summed E-state index contributed by atoms with van der Waals surface area (Å²) in [6, 6.07) is 12.8. The lowest BCUT2D eigenvalue weighted by Crippen LogP contribution is -2.38. The third-order valence-electron chi connectivity index (χ3n) is 4.43. The maximum atomic E-state index is 12.7. The molecular weight excluding hydrogens is 380 g/mol. The Kier molecular flexibility index (Phi) is 4.87. The maximum Gasteiger partial charge on any atom is 0.295 e. The SMILES string of the molecule is COc1ccc(N(C)CN2C(=O)SC(=Cc3ccc4c(c3)OCO4)C2=O)cc1. The lowest BCUT2D eigenvalue weighted by atomic mass is 10.2. The molecule has 0 bridgehead atoms. The molecule has 0 aromatic heterocycles. The van der Waals surface area contributed by atoms with Crippen molar-refractivity contribution in [2.45, 2.75) is 0 Å². The average molecular weight is 398 g/mol. The summed E-state index contributed by atoms with van der Waals surface area (Å²) >= 11 is 0.933. The molecule has 8 heteroatoms. The molecule has 0 saturated carbocycles. The van der Waals surface area contributed by atoms with Gasteiger partial charge in [0.15, 0.2) is 11.5 Å². The predicted octanol–water partition coefficient (Wildman–Crippen LogP) is 3.55. The summed E-state index contributed by atoms with van der Waals surface area (Å²) in [5.74, 6) is 1.74. The number of amides is 2. The minimum Gasteiger partial charge on any atom is -0.497 e. The summed E-state index contributed by atoms with van der Waals surface area (Å²) < 4.78 is 15.8. The van der Waals surface area contributed by atoms with Gasteiger partial charge >= 0.3 is 0 Å². The molecule has 0 aliphatic carbocycles. The molecule has 4 rings (SSSR count). The van der Waals surface area contributed by atoms with Crippen molar-refractivity contribution in [3.63, 3.8) is 0 Å². The maximum absolute atomic E-state index is 12.7. The lowest BCUT2D eigenvalue weighted by Gasteiger charge is -2.24. The Morgan fingerprint density at radius 3 is 2.64 bits per heavy atom. The molecular formula is C20H18N2O5S. The Bertz CT molecular complexity index is 958. The average Bonchev–Trinajstić information content (AvgIpc) is 3.27. The monoisotopic (exact) mass is 398 g/mol. The minimum atomic E-state index is -0.312. The Balaban J connectivity index is 1.48. The van der Waals surface area contributed by atoms with Crippen LogP contribution in [0.2, 0.25) is 0 Å². The minimum absolute atomic E-state index is 0.162. The van der Waals surface area contributed by atoms with Crippen LogP contribution in [0.15, 0.2) is 47.4 Å². The van der Waals surface area contributed by atoms with Gasteiger partial charge in [-0.1, -0.05) is 6.07 Å². The largest absolute Gasteiger partial charge is 0.497 e. The number of ether oxygens (including phenoxy) is 3. The van der Waals surface area contributed by atoms with Gasteiger partial charge in [-0.2, -0.15) is 0 Å². The highest BCUT2D eigenvalue weighted by Gasteiger charge is 2.35. The van der Waals surface area contributed by atoms with E-state index < -0.39 is 0 Å². The van der Waals surface area contributed by atoms with E-state index in [1.807, 2.05) is 42.3 Å². The number of benzene rings is 2. The molecule has 2 aromatic carbocycles. The van der Waals surface area contributed by atoms with Gasteiger partial charge in [-0.25, -0.2) is 4.90 Å². The molecule has 0 atom stereocenters. The molecule has 2 aromatic rings. The zero-order valence-electron chi connectivity index (χ0n) is 15.4. The van der Waals surface area contributed by atoms with E-state index in [1.165, 1.54) is 4.90 Å². The van der Waals surface area contributed by atoms with Gasteiger partial charge in [-0.3, -0.25) is 9.59 Å². The van der Waals surface area contributed by atoms with Crippen LogP contribution in [0.25, 0.3) is 6.08 Å². The number of methoxy groups -OCH3 is 1. The number of imide groups is 1. The fourth-order valence-corrected chi connectivity index (χ4v) is 3.74. The van der Waals surface area contributed by atoms with Crippen LogP contribution in [0.1, 0.15) is 5.56 Å². The van der Waals surface area contributed by atoms with E-state index in [1.54, 1.807) is 25.3 Å². The van der Waals surface area contributed by atoms with E-state index in [-0.39, 0.29) is 24.6 Å². The van der Waals surface area contributed by atoms with Crippen molar-refractivity contribution in [3.05, 3.63) is 52.9 Å². The van der Waals surface area contributed by atoms with Gasteiger partial charge in [0.1, 0.15) is 12.4 Å². The van der Waals surface area contributed by atoms with E-state index >= 15 is 0 Å². The summed E-state index contributed by atoms with van der Waals surface area (Å²) in [5.41, 5.74) is 1.65. The van der Waals surface area contributed by atoms with Gasteiger partial charge in [0.05, 0.1) is 12.0 Å². The number of hydrogen-bond donors (Lipinski definition) is 0. The predicted molar refractivity (Wildman–Crippen MR) is 107 cm³/mol. The Hall–Kier alpha value is -3.13. The first-order valence-corrected chi connectivity index (χ1v) is 9.37. The molecule has 1 fully saturated rings.